The molecule has 7 heteroatoms. The molecule has 7 nitrogen and oxygen atoms in total. The lowest BCUT2D eigenvalue weighted by Gasteiger charge is -2.41. The van der Waals surface area contributed by atoms with Crippen molar-refractivity contribution in [1.82, 2.24) is 16.0 Å². The van der Waals surface area contributed by atoms with Gasteiger partial charge >= 0.3 is 0 Å². The van der Waals surface area contributed by atoms with Gasteiger partial charge in [0.1, 0.15) is 6.17 Å². The Bertz CT molecular complexity index is 743. The van der Waals surface area contributed by atoms with Crippen LogP contribution in [0.2, 0.25) is 0 Å². The van der Waals surface area contributed by atoms with E-state index in [2.05, 4.69) is 33.9 Å². The topological polar surface area (TPSA) is 92.9 Å². The number of nitrogens with two attached hydrogens (primary N) is 1. The highest BCUT2D eigenvalue weighted by Gasteiger charge is 2.38. The van der Waals surface area contributed by atoms with Gasteiger partial charge in [0.05, 0.1) is 25.5 Å². The average Bonchev–Trinajstić information content (AvgIpc) is 2.66. The lowest BCUT2D eigenvalue weighted by molar-refractivity contribution is 0.355. The number of methoxy groups -OCH3 is 2. The molecule has 0 saturated carbocycles. The first-order valence-corrected chi connectivity index (χ1v) is 8.77. The van der Waals surface area contributed by atoms with E-state index in [9.17, 15) is 0 Å². The molecule has 1 aromatic rings. The number of rotatable bonds is 7. The molecule has 2 unspecified atom stereocenters. The molecule has 0 saturated heterocycles. The Kier molecular flexibility index (Phi) is 5.49. The standard InChI is InChI=1S/C19H27N5O2/c1-19-12-14(13-5-6-15(25-2)16(11-13)26-3)24-18(22-8-4-7-20)17(19)21-9-10-23-19/h5-6,9-12,18,22-24H,4,7-8,20H2,1-3H3. The Morgan fingerprint density at radius 3 is 2.81 bits per heavy atom. The van der Waals surface area contributed by atoms with Crippen molar-refractivity contribution in [2.45, 2.75) is 25.0 Å². The Balaban J connectivity index is 1.94. The lowest BCUT2D eigenvalue weighted by Crippen LogP contribution is -2.63. The maximum Gasteiger partial charge on any atom is 0.161 e. The number of ether oxygens (including phenoxy) is 2. The van der Waals surface area contributed by atoms with Crippen LogP contribution in [0.1, 0.15) is 18.9 Å². The van der Waals surface area contributed by atoms with E-state index in [1.165, 1.54) is 0 Å². The van der Waals surface area contributed by atoms with Crippen LogP contribution in [0.3, 0.4) is 0 Å². The Labute approximate surface area is 154 Å². The molecule has 0 aromatic heterocycles. The Hall–Kier alpha value is -2.51. The zero-order valence-corrected chi connectivity index (χ0v) is 15.5. The van der Waals surface area contributed by atoms with Crippen LogP contribution in [-0.4, -0.2) is 44.7 Å². The minimum Gasteiger partial charge on any atom is -0.493 e. The molecular weight excluding hydrogens is 330 g/mol. The summed E-state index contributed by atoms with van der Waals surface area (Å²) in [4.78, 5) is 4.60. The van der Waals surface area contributed by atoms with E-state index in [-0.39, 0.29) is 11.7 Å². The molecule has 0 spiro atoms. The summed E-state index contributed by atoms with van der Waals surface area (Å²) in [7, 11) is 3.27. The van der Waals surface area contributed by atoms with Crippen molar-refractivity contribution in [2.75, 3.05) is 27.3 Å². The predicted octanol–water partition coefficient (Wildman–Crippen LogP) is 1.19. The van der Waals surface area contributed by atoms with Gasteiger partial charge in [-0.05, 0) is 50.7 Å². The summed E-state index contributed by atoms with van der Waals surface area (Å²) in [6.07, 6.45) is 6.62. The fourth-order valence-electron chi connectivity index (χ4n) is 3.25. The second-order valence-electron chi connectivity index (χ2n) is 6.48. The predicted molar refractivity (Wildman–Crippen MR) is 104 cm³/mol. The minimum absolute atomic E-state index is 0.0860. The third-order valence-corrected chi connectivity index (χ3v) is 4.63. The number of nitrogens with one attached hydrogen (secondary N) is 3. The van der Waals surface area contributed by atoms with Crippen LogP contribution in [0, 0.1) is 0 Å². The van der Waals surface area contributed by atoms with E-state index in [1.54, 1.807) is 20.4 Å². The van der Waals surface area contributed by atoms with Gasteiger partial charge in [0, 0.05) is 23.7 Å². The highest BCUT2D eigenvalue weighted by Crippen LogP contribution is 2.32. The van der Waals surface area contributed by atoms with E-state index in [4.69, 9.17) is 15.2 Å². The molecule has 2 heterocycles. The molecule has 2 aliphatic heterocycles. The molecule has 0 bridgehead atoms. The second-order valence-corrected chi connectivity index (χ2v) is 6.48. The number of hydrogen-bond acceptors (Lipinski definition) is 7. The van der Waals surface area contributed by atoms with E-state index in [0.717, 1.165) is 29.9 Å². The van der Waals surface area contributed by atoms with E-state index >= 15 is 0 Å². The van der Waals surface area contributed by atoms with Crippen molar-refractivity contribution in [3.63, 3.8) is 0 Å². The smallest absolute Gasteiger partial charge is 0.161 e. The van der Waals surface area contributed by atoms with Gasteiger partial charge in [0.25, 0.3) is 0 Å². The zero-order chi connectivity index (χ0) is 18.6. The van der Waals surface area contributed by atoms with Gasteiger partial charge in [-0.2, -0.15) is 0 Å². The van der Waals surface area contributed by atoms with Crippen molar-refractivity contribution in [3.8, 4) is 11.5 Å². The van der Waals surface area contributed by atoms with Gasteiger partial charge in [-0.1, -0.05) is 0 Å². The molecule has 140 valence electrons. The summed E-state index contributed by atoms with van der Waals surface area (Å²) in [6.45, 7) is 3.58. The van der Waals surface area contributed by atoms with E-state index in [1.807, 2.05) is 24.4 Å². The highest BCUT2D eigenvalue weighted by atomic mass is 16.5. The van der Waals surface area contributed by atoms with Crippen LogP contribution < -0.4 is 31.2 Å². The Morgan fingerprint density at radius 2 is 2.08 bits per heavy atom. The molecule has 0 radical (unpaired) electrons. The first kappa shape index (κ1) is 18.3. The first-order chi connectivity index (χ1) is 12.6. The molecule has 3 rings (SSSR count). The van der Waals surface area contributed by atoms with Gasteiger partial charge in [-0.25, -0.2) is 0 Å². The molecule has 0 fully saturated rings. The van der Waals surface area contributed by atoms with Gasteiger partial charge in [-0.15, -0.1) is 0 Å². The molecule has 2 atom stereocenters. The number of nitrogens with zero attached hydrogens (tertiary/aromatic N) is 1. The van der Waals surface area contributed by atoms with Crippen LogP contribution in [0.25, 0.3) is 5.70 Å². The number of aliphatic imine (C=N–C) groups is 1. The molecule has 1 aromatic carbocycles. The van der Waals surface area contributed by atoms with Crippen molar-refractivity contribution in [1.29, 1.82) is 0 Å². The zero-order valence-electron chi connectivity index (χ0n) is 15.5. The summed E-state index contributed by atoms with van der Waals surface area (Å²) in [6, 6.07) is 5.90. The fourth-order valence-corrected chi connectivity index (χ4v) is 3.25. The van der Waals surface area contributed by atoms with Crippen molar-refractivity contribution in [2.24, 2.45) is 10.7 Å². The summed E-state index contributed by atoms with van der Waals surface area (Å²) >= 11 is 0. The highest BCUT2D eigenvalue weighted by molar-refractivity contribution is 6.04. The lowest BCUT2D eigenvalue weighted by atomic mass is 9.86. The maximum atomic E-state index is 5.63. The monoisotopic (exact) mass is 357 g/mol. The van der Waals surface area contributed by atoms with Crippen LogP contribution in [0.4, 0.5) is 0 Å². The maximum absolute atomic E-state index is 5.63. The van der Waals surface area contributed by atoms with Gasteiger partial charge < -0.3 is 25.8 Å². The molecule has 26 heavy (non-hydrogen) atoms. The van der Waals surface area contributed by atoms with Crippen molar-refractivity contribution < 1.29 is 9.47 Å². The largest absolute Gasteiger partial charge is 0.493 e. The van der Waals surface area contributed by atoms with Gasteiger partial charge in [0.15, 0.2) is 11.5 Å². The van der Waals surface area contributed by atoms with Crippen LogP contribution in [0.15, 0.2) is 41.7 Å². The van der Waals surface area contributed by atoms with Crippen LogP contribution in [-0.2, 0) is 0 Å². The van der Waals surface area contributed by atoms with Crippen molar-refractivity contribution in [3.05, 3.63) is 42.2 Å². The van der Waals surface area contributed by atoms with Gasteiger partial charge in [-0.3, -0.25) is 10.3 Å². The van der Waals surface area contributed by atoms with E-state index < -0.39 is 0 Å². The summed E-state index contributed by atoms with van der Waals surface area (Å²) in [5, 5.41) is 10.5. The first-order valence-electron chi connectivity index (χ1n) is 8.77. The average molecular weight is 357 g/mol. The van der Waals surface area contributed by atoms with Crippen LogP contribution in [0.5, 0.6) is 11.5 Å². The van der Waals surface area contributed by atoms with E-state index in [0.29, 0.717) is 18.0 Å². The normalized spacial score (nSPS) is 23.9. The molecule has 0 aliphatic carbocycles. The third-order valence-electron chi connectivity index (χ3n) is 4.63. The molecule has 5 N–H and O–H groups in total. The molecule has 0 amide bonds. The fraction of sp³-hybridized carbons (Fsp3) is 0.421. The summed E-state index contributed by atoms with van der Waals surface area (Å²) in [5.41, 5.74) is 8.28. The number of hydrogen-bond donors (Lipinski definition) is 4. The SMILES string of the molecule is COc1ccc(C2=CC3(C)NC=CN=C3C(NCCCN)N2)cc1OC. The summed E-state index contributed by atoms with van der Waals surface area (Å²) < 4.78 is 10.8. The Morgan fingerprint density at radius 1 is 1.27 bits per heavy atom. The quantitative estimate of drug-likeness (QED) is 0.548. The third kappa shape index (κ3) is 3.54. The van der Waals surface area contributed by atoms with Gasteiger partial charge in [0.2, 0.25) is 0 Å². The minimum atomic E-state index is -0.372. The number of benzene rings is 1. The number of fused-ring (bicyclic) bond motifs is 1. The van der Waals surface area contributed by atoms with Crippen LogP contribution >= 0.6 is 0 Å². The van der Waals surface area contributed by atoms with Crippen molar-refractivity contribution >= 4 is 11.4 Å². The summed E-state index contributed by atoms with van der Waals surface area (Å²) in [5.74, 6) is 1.40. The molecular formula is C19H27N5O2. The second kappa shape index (κ2) is 7.80. The molecule has 2 aliphatic rings.